The molecule has 3 aromatic carbocycles. The van der Waals surface area contributed by atoms with Gasteiger partial charge in [0.2, 0.25) is 0 Å². The molecule has 2 heterocycles. The van der Waals surface area contributed by atoms with Crippen molar-refractivity contribution in [2.24, 2.45) is 0 Å². The van der Waals surface area contributed by atoms with E-state index < -0.39 is 0 Å². The van der Waals surface area contributed by atoms with Gasteiger partial charge in [0.05, 0.1) is 12.5 Å². The molecule has 0 saturated carbocycles. The molecule has 0 bridgehead atoms. The lowest BCUT2D eigenvalue weighted by Crippen LogP contribution is -3.07. The van der Waals surface area contributed by atoms with Crippen molar-refractivity contribution >= 4 is 22.1 Å². The van der Waals surface area contributed by atoms with E-state index in [0.29, 0.717) is 6.04 Å². The quantitative estimate of drug-likeness (QED) is 0.545. The van der Waals surface area contributed by atoms with Crippen molar-refractivity contribution in [1.29, 1.82) is 0 Å². The molecule has 0 amide bonds. The van der Waals surface area contributed by atoms with Crippen molar-refractivity contribution in [3.63, 3.8) is 0 Å². The second kappa shape index (κ2) is 7.08. The molecule has 0 aliphatic carbocycles. The molecule has 164 valence electrons. The van der Waals surface area contributed by atoms with Gasteiger partial charge in [0.25, 0.3) is 0 Å². The highest BCUT2D eigenvalue weighted by Crippen LogP contribution is 2.50. The summed E-state index contributed by atoms with van der Waals surface area (Å²) in [7, 11) is 4.51. The highest BCUT2D eigenvalue weighted by atomic mass is 15.2. The normalized spacial score (nSPS) is 24.5. The highest BCUT2D eigenvalue weighted by molar-refractivity contribution is 5.94. The minimum atomic E-state index is -0.0423. The van der Waals surface area contributed by atoms with E-state index in [-0.39, 0.29) is 10.8 Å². The fraction of sp³-hybridized carbons (Fsp3) is 0.333. The Bertz CT molecular complexity index is 1280. The van der Waals surface area contributed by atoms with Crippen molar-refractivity contribution in [2.75, 3.05) is 19.0 Å². The number of hydrogen-bond donors (Lipinski definition) is 1. The average Bonchev–Trinajstić information content (AvgIpc) is 3.07. The Morgan fingerprint density at radius 3 is 2.50 bits per heavy atom. The molecule has 1 N–H and O–H groups in total. The smallest absolute Gasteiger partial charge is 0.135 e. The molecular weight excluding hydrogens is 388 g/mol. The van der Waals surface area contributed by atoms with Gasteiger partial charge >= 0.3 is 0 Å². The summed E-state index contributed by atoms with van der Waals surface area (Å²) in [6, 6.07) is 20.6. The van der Waals surface area contributed by atoms with E-state index in [1.165, 1.54) is 49.4 Å². The van der Waals surface area contributed by atoms with E-state index in [2.05, 4.69) is 126 Å². The summed E-state index contributed by atoms with van der Waals surface area (Å²) < 4.78 is 0. The van der Waals surface area contributed by atoms with Gasteiger partial charge in [-0.25, -0.2) is 0 Å². The number of nitrogens with zero attached hydrogens (tertiary/aromatic N) is 1. The van der Waals surface area contributed by atoms with Crippen LogP contribution in [-0.4, -0.2) is 20.1 Å². The van der Waals surface area contributed by atoms with Crippen LogP contribution in [0.4, 0.5) is 11.4 Å². The number of likely N-dealkylation sites (N-methyl/N-ethyl adjacent to an activating group) is 2. The fourth-order valence-electron chi connectivity index (χ4n) is 6.25. The first kappa shape index (κ1) is 21.0. The summed E-state index contributed by atoms with van der Waals surface area (Å²) in [4.78, 5) is 3.86. The van der Waals surface area contributed by atoms with Gasteiger partial charge in [-0.15, -0.1) is 0 Å². The molecule has 2 atom stereocenters. The van der Waals surface area contributed by atoms with Crippen LogP contribution >= 0.6 is 0 Å². The van der Waals surface area contributed by atoms with Crippen LogP contribution in [0.15, 0.2) is 78.5 Å². The Balaban J connectivity index is 1.52. The van der Waals surface area contributed by atoms with E-state index in [1.807, 2.05) is 0 Å². The Kier molecular flexibility index (Phi) is 4.65. The summed E-state index contributed by atoms with van der Waals surface area (Å²) in [5, 5.41) is 2.68. The van der Waals surface area contributed by atoms with Crippen molar-refractivity contribution in [3.05, 3.63) is 95.2 Å². The molecule has 2 aliphatic rings. The summed E-state index contributed by atoms with van der Waals surface area (Å²) in [5.74, 6) is 0. The number of fused-ring (bicyclic) bond motifs is 4. The van der Waals surface area contributed by atoms with Gasteiger partial charge in [0, 0.05) is 29.4 Å². The van der Waals surface area contributed by atoms with Crippen LogP contribution in [0.3, 0.4) is 0 Å². The first-order chi connectivity index (χ1) is 15.1. The minimum Gasteiger partial charge on any atom is -0.347 e. The molecule has 5 rings (SSSR count). The van der Waals surface area contributed by atoms with E-state index in [9.17, 15) is 0 Å². The molecule has 32 heavy (non-hydrogen) atoms. The van der Waals surface area contributed by atoms with Crippen LogP contribution < -0.4 is 9.80 Å². The van der Waals surface area contributed by atoms with Gasteiger partial charge in [0.1, 0.15) is 11.7 Å². The van der Waals surface area contributed by atoms with Crippen LogP contribution in [0.1, 0.15) is 44.4 Å². The second-order valence-electron chi connectivity index (χ2n) is 10.7. The molecular formula is C30H35N2+. The standard InChI is InChI=1S/C30H34N2/c1-20-15-17-24-23(19-20)29(2,3)26(31(24)6)13-10-14-27-30(4,5)28-22-12-9-8-11-21(22)16-18-25(28)32(27)7/h8-19,26H,1-7H3/p+1. The zero-order valence-electron chi connectivity index (χ0n) is 20.5. The molecule has 2 nitrogen and oxygen atoms in total. The molecule has 2 unspecified atom stereocenters. The Morgan fingerprint density at radius 1 is 0.969 bits per heavy atom. The molecule has 2 heteroatoms. The van der Waals surface area contributed by atoms with Gasteiger partial charge in [-0.05, 0) is 67.5 Å². The van der Waals surface area contributed by atoms with Crippen molar-refractivity contribution < 1.29 is 4.90 Å². The van der Waals surface area contributed by atoms with E-state index in [1.54, 1.807) is 0 Å². The predicted octanol–water partition coefficient (Wildman–Crippen LogP) is 5.82. The zero-order valence-corrected chi connectivity index (χ0v) is 20.5. The topological polar surface area (TPSA) is 7.68 Å². The molecule has 0 fully saturated rings. The maximum atomic E-state index is 2.42. The lowest BCUT2D eigenvalue weighted by molar-refractivity contribution is -0.828. The summed E-state index contributed by atoms with van der Waals surface area (Å²) in [5.41, 5.74) is 8.42. The third kappa shape index (κ3) is 2.89. The van der Waals surface area contributed by atoms with Crippen LogP contribution in [0.2, 0.25) is 0 Å². The monoisotopic (exact) mass is 423 g/mol. The lowest BCUT2D eigenvalue weighted by atomic mass is 9.79. The van der Waals surface area contributed by atoms with Crippen LogP contribution in [0.5, 0.6) is 0 Å². The maximum absolute atomic E-state index is 2.42. The number of allylic oxidation sites excluding steroid dienone is 3. The fourth-order valence-corrected chi connectivity index (χ4v) is 6.25. The van der Waals surface area contributed by atoms with Gasteiger partial charge in [0.15, 0.2) is 0 Å². The lowest BCUT2D eigenvalue weighted by Gasteiger charge is -2.26. The number of nitrogens with one attached hydrogen (secondary N) is 1. The van der Waals surface area contributed by atoms with Gasteiger partial charge in [-0.1, -0.05) is 61.9 Å². The number of quaternary nitrogens is 1. The molecule has 0 saturated heterocycles. The SMILES string of the molecule is Cc1ccc2c(c1)C(C)(C)C(C=CC=C1N(C)c3ccc4ccccc4c3C1(C)C)[NH+]2C. The third-order valence-electron chi connectivity index (χ3n) is 7.99. The summed E-state index contributed by atoms with van der Waals surface area (Å²) >= 11 is 0. The molecule has 3 aromatic rings. The van der Waals surface area contributed by atoms with Crippen LogP contribution in [0, 0.1) is 6.92 Å². The number of rotatable bonds is 2. The average molecular weight is 424 g/mol. The third-order valence-corrected chi connectivity index (χ3v) is 7.99. The van der Waals surface area contributed by atoms with Crippen molar-refractivity contribution in [3.8, 4) is 0 Å². The largest absolute Gasteiger partial charge is 0.347 e. The minimum absolute atomic E-state index is 0.0423. The predicted molar refractivity (Wildman–Crippen MR) is 137 cm³/mol. The molecule has 2 aliphatic heterocycles. The maximum Gasteiger partial charge on any atom is 0.135 e. The summed E-state index contributed by atoms with van der Waals surface area (Å²) in [6.07, 6.45) is 7.06. The van der Waals surface area contributed by atoms with E-state index in [4.69, 9.17) is 0 Å². The second-order valence-corrected chi connectivity index (χ2v) is 10.7. The van der Waals surface area contributed by atoms with Gasteiger partial charge in [-0.3, -0.25) is 4.90 Å². The Labute approximate surface area is 192 Å². The van der Waals surface area contributed by atoms with Gasteiger partial charge in [-0.2, -0.15) is 0 Å². The van der Waals surface area contributed by atoms with Gasteiger partial charge < -0.3 is 4.90 Å². The first-order valence-corrected chi connectivity index (χ1v) is 11.7. The molecule has 0 aromatic heterocycles. The summed E-state index contributed by atoms with van der Waals surface area (Å²) in [6.45, 7) is 11.7. The first-order valence-electron chi connectivity index (χ1n) is 11.7. The Morgan fingerprint density at radius 2 is 1.72 bits per heavy atom. The number of hydrogen-bond acceptors (Lipinski definition) is 1. The van der Waals surface area contributed by atoms with Crippen molar-refractivity contribution in [2.45, 2.75) is 51.5 Å². The molecule has 0 spiro atoms. The van der Waals surface area contributed by atoms with Crippen LogP contribution in [-0.2, 0) is 10.8 Å². The number of anilines is 1. The van der Waals surface area contributed by atoms with Crippen LogP contribution in [0.25, 0.3) is 10.8 Å². The van der Waals surface area contributed by atoms with E-state index in [0.717, 1.165) is 0 Å². The number of benzene rings is 3. The van der Waals surface area contributed by atoms with Crippen molar-refractivity contribution in [1.82, 2.24) is 0 Å². The number of aryl methyl sites for hydroxylation is 1. The molecule has 0 radical (unpaired) electrons. The zero-order chi connectivity index (χ0) is 22.8. The Hall–Kier alpha value is -2.84. The highest BCUT2D eigenvalue weighted by Gasteiger charge is 2.46. The van der Waals surface area contributed by atoms with E-state index >= 15 is 0 Å².